The van der Waals surface area contributed by atoms with Crippen LogP contribution in [0.2, 0.25) is 0 Å². The van der Waals surface area contributed by atoms with E-state index < -0.39 is 0 Å². The third-order valence-corrected chi connectivity index (χ3v) is 5.46. The highest BCUT2D eigenvalue weighted by Gasteiger charge is 2.23. The van der Waals surface area contributed by atoms with Crippen molar-refractivity contribution in [1.29, 1.82) is 0 Å². The van der Waals surface area contributed by atoms with E-state index in [1.165, 1.54) is 23.2 Å². The summed E-state index contributed by atoms with van der Waals surface area (Å²) < 4.78 is 5.55. The van der Waals surface area contributed by atoms with Gasteiger partial charge in [-0.25, -0.2) is 0 Å². The zero-order chi connectivity index (χ0) is 19.3. The molecule has 0 fully saturated rings. The molecule has 1 aromatic heterocycles. The molecular formula is C24H27N3O. The predicted molar refractivity (Wildman–Crippen MR) is 116 cm³/mol. The first-order valence-electron chi connectivity index (χ1n) is 9.98. The van der Waals surface area contributed by atoms with Gasteiger partial charge in [0.1, 0.15) is 5.75 Å². The Morgan fingerprint density at radius 3 is 2.68 bits per heavy atom. The van der Waals surface area contributed by atoms with Gasteiger partial charge in [0.25, 0.3) is 0 Å². The van der Waals surface area contributed by atoms with Crippen LogP contribution in [0, 0.1) is 0 Å². The van der Waals surface area contributed by atoms with Crippen LogP contribution >= 0.6 is 0 Å². The summed E-state index contributed by atoms with van der Waals surface area (Å²) in [4.78, 5) is 6.41. The summed E-state index contributed by atoms with van der Waals surface area (Å²) in [5.74, 6) is 1.47. The molecule has 28 heavy (non-hydrogen) atoms. The average molecular weight is 374 g/mol. The minimum absolute atomic E-state index is 0.556. The number of nitrogens with zero attached hydrogens (tertiary/aromatic N) is 2. The number of benzene rings is 2. The van der Waals surface area contributed by atoms with Crippen molar-refractivity contribution in [3.8, 4) is 5.75 Å². The number of anilines is 3. The molecule has 4 heteroatoms. The average Bonchev–Trinajstić information content (AvgIpc) is 3.15. The molecule has 4 nitrogen and oxygen atoms in total. The Bertz CT molecular complexity index is 909. The van der Waals surface area contributed by atoms with Crippen LogP contribution in [0.1, 0.15) is 30.4 Å². The summed E-state index contributed by atoms with van der Waals surface area (Å²) in [5.41, 5.74) is 6.41. The SMILES string of the molecule is CCOc1ccc(N(C)c2ccc3c(c2)CC[C@H]3CNc2cccnc2)cc1. The maximum absolute atomic E-state index is 5.55. The first-order valence-corrected chi connectivity index (χ1v) is 9.98. The normalized spacial score (nSPS) is 15.1. The van der Waals surface area contributed by atoms with E-state index in [0.717, 1.165) is 30.1 Å². The molecule has 1 atom stereocenters. The van der Waals surface area contributed by atoms with E-state index in [9.17, 15) is 0 Å². The first kappa shape index (κ1) is 18.4. The monoisotopic (exact) mass is 373 g/mol. The number of pyridine rings is 1. The number of nitrogens with one attached hydrogen (secondary N) is 1. The third-order valence-electron chi connectivity index (χ3n) is 5.46. The van der Waals surface area contributed by atoms with Crippen LogP contribution in [0.4, 0.5) is 17.1 Å². The van der Waals surface area contributed by atoms with E-state index in [4.69, 9.17) is 4.74 Å². The third kappa shape index (κ3) is 3.96. The second-order valence-corrected chi connectivity index (χ2v) is 7.23. The predicted octanol–water partition coefficient (Wildman–Crippen LogP) is 5.39. The Morgan fingerprint density at radius 2 is 1.93 bits per heavy atom. The topological polar surface area (TPSA) is 37.4 Å². The van der Waals surface area contributed by atoms with E-state index in [1.807, 2.05) is 31.3 Å². The van der Waals surface area contributed by atoms with Crippen LogP contribution in [-0.2, 0) is 6.42 Å². The van der Waals surface area contributed by atoms with Crippen LogP contribution in [-0.4, -0.2) is 25.2 Å². The molecule has 1 aliphatic rings. The summed E-state index contributed by atoms with van der Waals surface area (Å²) in [7, 11) is 2.12. The maximum Gasteiger partial charge on any atom is 0.119 e. The van der Waals surface area contributed by atoms with Gasteiger partial charge in [-0.1, -0.05) is 6.07 Å². The van der Waals surface area contributed by atoms with Crippen molar-refractivity contribution in [3.63, 3.8) is 0 Å². The standard InChI is InChI=1S/C24H27N3O/c1-3-28-23-11-8-21(9-12-23)27(2)22-10-13-24-18(15-22)6-7-19(24)16-26-20-5-4-14-25-17-20/h4-5,8-15,17,19,26H,3,6-7,16H2,1-2H3/t19-/m0/s1. The van der Waals surface area contributed by atoms with Gasteiger partial charge in [-0.15, -0.1) is 0 Å². The molecule has 0 amide bonds. The quantitative estimate of drug-likeness (QED) is 0.602. The van der Waals surface area contributed by atoms with Crippen molar-refractivity contribution in [2.45, 2.75) is 25.7 Å². The summed E-state index contributed by atoms with van der Waals surface area (Å²) in [6.07, 6.45) is 6.02. The highest BCUT2D eigenvalue weighted by Crippen LogP contribution is 2.36. The number of aryl methyl sites for hydroxylation is 1. The van der Waals surface area contributed by atoms with E-state index in [1.54, 1.807) is 6.20 Å². The van der Waals surface area contributed by atoms with Gasteiger partial charge in [0.15, 0.2) is 0 Å². The summed E-state index contributed by atoms with van der Waals surface area (Å²) >= 11 is 0. The molecular weight excluding hydrogens is 346 g/mol. The van der Waals surface area contributed by atoms with Gasteiger partial charge < -0.3 is 15.0 Å². The van der Waals surface area contributed by atoms with Crippen LogP contribution < -0.4 is 15.0 Å². The second kappa shape index (κ2) is 8.34. The van der Waals surface area contributed by atoms with Gasteiger partial charge in [-0.3, -0.25) is 4.98 Å². The minimum atomic E-state index is 0.556. The molecule has 1 aliphatic carbocycles. The minimum Gasteiger partial charge on any atom is -0.494 e. The lowest BCUT2D eigenvalue weighted by Crippen LogP contribution is -2.11. The van der Waals surface area contributed by atoms with Crippen LogP contribution in [0.25, 0.3) is 0 Å². The smallest absolute Gasteiger partial charge is 0.119 e. The van der Waals surface area contributed by atoms with Crippen LogP contribution in [0.5, 0.6) is 5.75 Å². The molecule has 3 aromatic rings. The maximum atomic E-state index is 5.55. The summed E-state index contributed by atoms with van der Waals surface area (Å²) in [6, 6.07) is 19.2. The Hall–Kier alpha value is -3.01. The Morgan fingerprint density at radius 1 is 1.11 bits per heavy atom. The summed E-state index contributed by atoms with van der Waals surface area (Å²) in [6.45, 7) is 3.65. The zero-order valence-corrected chi connectivity index (χ0v) is 16.6. The molecule has 0 saturated heterocycles. The van der Waals surface area contributed by atoms with Gasteiger partial charge in [0.05, 0.1) is 12.3 Å². The van der Waals surface area contributed by atoms with Gasteiger partial charge in [0.2, 0.25) is 0 Å². The van der Waals surface area contributed by atoms with Crippen molar-refractivity contribution < 1.29 is 4.74 Å². The molecule has 0 spiro atoms. The van der Waals surface area contributed by atoms with E-state index in [-0.39, 0.29) is 0 Å². The zero-order valence-electron chi connectivity index (χ0n) is 16.6. The van der Waals surface area contributed by atoms with Gasteiger partial charge in [-0.2, -0.15) is 0 Å². The number of ether oxygens (including phenoxy) is 1. The van der Waals surface area contributed by atoms with E-state index in [2.05, 4.69) is 58.6 Å². The van der Waals surface area contributed by atoms with Gasteiger partial charge >= 0.3 is 0 Å². The van der Waals surface area contributed by atoms with Crippen LogP contribution in [0.3, 0.4) is 0 Å². The number of aromatic nitrogens is 1. The van der Waals surface area contributed by atoms with Crippen molar-refractivity contribution >= 4 is 17.1 Å². The molecule has 2 aromatic carbocycles. The molecule has 0 unspecified atom stereocenters. The van der Waals surface area contributed by atoms with Crippen molar-refractivity contribution in [2.24, 2.45) is 0 Å². The fourth-order valence-corrected chi connectivity index (χ4v) is 3.90. The number of rotatable bonds is 7. The molecule has 4 rings (SSSR count). The Kier molecular flexibility index (Phi) is 5.47. The van der Waals surface area contributed by atoms with E-state index in [0.29, 0.717) is 12.5 Å². The molecule has 144 valence electrons. The van der Waals surface area contributed by atoms with Gasteiger partial charge in [0, 0.05) is 43.3 Å². The van der Waals surface area contributed by atoms with Crippen LogP contribution in [0.15, 0.2) is 67.0 Å². The molecule has 0 bridgehead atoms. The molecule has 0 aliphatic heterocycles. The molecule has 0 radical (unpaired) electrons. The molecule has 1 N–H and O–H groups in total. The lowest BCUT2D eigenvalue weighted by Gasteiger charge is -2.21. The lowest BCUT2D eigenvalue weighted by molar-refractivity contribution is 0.340. The number of fused-ring (bicyclic) bond motifs is 1. The largest absolute Gasteiger partial charge is 0.494 e. The first-order chi connectivity index (χ1) is 13.7. The highest BCUT2D eigenvalue weighted by atomic mass is 16.5. The summed E-state index contributed by atoms with van der Waals surface area (Å²) in [5, 5.41) is 3.52. The van der Waals surface area contributed by atoms with Gasteiger partial charge in [-0.05, 0) is 79.4 Å². The second-order valence-electron chi connectivity index (χ2n) is 7.23. The van der Waals surface area contributed by atoms with Crippen molar-refractivity contribution in [2.75, 3.05) is 30.4 Å². The Balaban J connectivity index is 1.45. The fraction of sp³-hybridized carbons (Fsp3) is 0.292. The fourth-order valence-electron chi connectivity index (χ4n) is 3.90. The number of hydrogen-bond acceptors (Lipinski definition) is 4. The molecule has 0 saturated carbocycles. The lowest BCUT2D eigenvalue weighted by atomic mass is 10.0. The van der Waals surface area contributed by atoms with Crippen molar-refractivity contribution in [1.82, 2.24) is 4.98 Å². The Labute approximate surface area is 167 Å². The van der Waals surface area contributed by atoms with Crippen molar-refractivity contribution in [3.05, 3.63) is 78.1 Å². The van der Waals surface area contributed by atoms with E-state index >= 15 is 0 Å². The highest BCUT2D eigenvalue weighted by molar-refractivity contribution is 5.65. The molecule has 1 heterocycles. The number of hydrogen-bond donors (Lipinski definition) is 1.